The van der Waals surface area contributed by atoms with E-state index in [1.54, 1.807) is 0 Å². The van der Waals surface area contributed by atoms with Gasteiger partial charge in [0.05, 0.1) is 0 Å². The number of carbonyl (C=O) groups excluding carboxylic acids is 1. The topological polar surface area (TPSA) is 63.6 Å². The number of hydrogen-bond acceptors (Lipinski definition) is 3. The van der Waals surface area contributed by atoms with E-state index >= 15 is 0 Å². The van der Waals surface area contributed by atoms with Crippen molar-refractivity contribution >= 4 is 11.9 Å². The largest absolute Gasteiger partial charge is 0.481 e. The van der Waals surface area contributed by atoms with Crippen molar-refractivity contribution < 1.29 is 19.4 Å². The van der Waals surface area contributed by atoms with E-state index < -0.39 is 5.97 Å². The minimum Gasteiger partial charge on any atom is -0.481 e. The van der Waals surface area contributed by atoms with E-state index in [0.717, 1.165) is 44.9 Å². The monoisotopic (exact) mass is 314 g/mol. The summed E-state index contributed by atoms with van der Waals surface area (Å²) in [5.74, 6) is -0.847. The highest BCUT2D eigenvalue weighted by atomic mass is 16.6. The van der Waals surface area contributed by atoms with E-state index in [1.165, 1.54) is 12.8 Å². The summed E-state index contributed by atoms with van der Waals surface area (Å²) in [6.07, 6.45) is 10.1. The molecule has 0 heterocycles. The van der Waals surface area contributed by atoms with E-state index in [0.29, 0.717) is 12.8 Å². The SMILES string of the molecule is CCCCCC(CC)(CC)OC(=O)CCCCCCC(=O)O. The van der Waals surface area contributed by atoms with Crippen LogP contribution in [0.4, 0.5) is 0 Å². The molecule has 0 fully saturated rings. The number of aliphatic carboxylic acids is 1. The Bertz CT molecular complexity index is 308. The Morgan fingerprint density at radius 2 is 1.45 bits per heavy atom. The van der Waals surface area contributed by atoms with Gasteiger partial charge in [0.25, 0.3) is 0 Å². The molecule has 4 nitrogen and oxygen atoms in total. The van der Waals surface area contributed by atoms with Crippen molar-refractivity contribution in [3.63, 3.8) is 0 Å². The average Bonchev–Trinajstić information content (AvgIpc) is 2.49. The maximum absolute atomic E-state index is 12.0. The van der Waals surface area contributed by atoms with Crippen molar-refractivity contribution in [3.05, 3.63) is 0 Å². The highest BCUT2D eigenvalue weighted by molar-refractivity contribution is 5.69. The van der Waals surface area contributed by atoms with Crippen LogP contribution >= 0.6 is 0 Å². The van der Waals surface area contributed by atoms with Crippen LogP contribution in [0.15, 0.2) is 0 Å². The second-order valence-corrected chi connectivity index (χ2v) is 6.13. The molecule has 0 aromatic rings. The molecule has 0 aromatic heterocycles. The summed E-state index contributed by atoms with van der Waals surface area (Å²) in [7, 11) is 0. The van der Waals surface area contributed by atoms with Gasteiger partial charge in [0.2, 0.25) is 0 Å². The third-order valence-corrected chi connectivity index (χ3v) is 4.38. The molecule has 0 rings (SSSR count). The molecule has 22 heavy (non-hydrogen) atoms. The van der Waals surface area contributed by atoms with Crippen LogP contribution in [0, 0.1) is 0 Å². The van der Waals surface area contributed by atoms with Crippen molar-refractivity contribution in [2.75, 3.05) is 0 Å². The van der Waals surface area contributed by atoms with E-state index in [1.807, 2.05) is 0 Å². The predicted octanol–water partition coefficient (Wildman–Crippen LogP) is 5.09. The molecule has 0 spiro atoms. The van der Waals surface area contributed by atoms with E-state index in [2.05, 4.69) is 20.8 Å². The van der Waals surface area contributed by atoms with Gasteiger partial charge in [-0.3, -0.25) is 9.59 Å². The van der Waals surface area contributed by atoms with Crippen molar-refractivity contribution in [2.45, 2.75) is 103 Å². The van der Waals surface area contributed by atoms with Crippen LogP contribution in [-0.4, -0.2) is 22.6 Å². The van der Waals surface area contributed by atoms with Gasteiger partial charge in [-0.25, -0.2) is 0 Å². The number of unbranched alkanes of at least 4 members (excludes halogenated alkanes) is 5. The summed E-state index contributed by atoms with van der Waals surface area (Å²) in [5, 5.41) is 8.55. The zero-order valence-electron chi connectivity index (χ0n) is 14.7. The Morgan fingerprint density at radius 1 is 0.864 bits per heavy atom. The number of carbonyl (C=O) groups is 2. The number of hydrogen-bond donors (Lipinski definition) is 1. The Morgan fingerprint density at radius 3 is 1.95 bits per heavy atom. The van der Waals surface area contributed by atoms with Crippen LogP contribution in [-0.2, 0) is 14.3 Å². The lowest BCUT2D eigenvalue weighted by Crippen LogP contribution is -2.33. The number of carboxylic acids is 1. The Labute approximate surface area is 135 Å². The third-order valence-electron chi connectivity index (χ3n) is 4.38. The number of rotatable bonds is 14. The van der Waals surface area contributed by atoms with E-state index in [4.69, 9.17) is 9.84 Å². The lowest BCUT2D eigenvalue weighted by molar-refractivity contribution is -0.162. The van der Waals surface area contributed by atoms with Gasteiger partial charge >= 0.3 is 11.9 Å². The normalized spacial score (nSPS) is 11.4. The number of ether oxygens (including phenoxy) is 1. The molecule has 130 valence electrons. The van der Waals surface area contributed by atoms with Gasteiger partial charge in [-0.15, -0.1) is 0 Å². The first-order valence-electron chi connectivity index (χ1n) is 8.93. The quantitative estimate of drug-likeness (QED) is 0.358. The first-order valence-corrected chi connectivity index (χ1v) is 8.93. The van der Waals surface area contributed by atoms with Crippen LogP contribution in [0.25, 0.3) is 0 Å². The third kappa shape index (κ3) is 9.80. The first kappa shape index (κ1) is 20.9. The molecule has 0 aliphatic carbocycles. The fourth-order valence-corrected chi connectivity index (χ4v) is 2.69. The summed E-state index contributed by atoms with van der Waals surface area (Å²) < 4.78 is 5.79. The van der Waals surface area contributed by atoms with Gasteiger partial charge in [0.15, 0.2) is 0 Å². The van der Waals surface area contributed by atoms with Crippen molar-refractivity contribution in [1.82, 2.24) is 0 Å². The molecule has 0 radical (unpaired) electrons. The first-order chi connectivity index (χ1) is 10.5. The van der Waals surface area contributed by atoms with E-state index in [9.17, 15) is 9.59 Å². The van der Waals surface area contributed by atoms with Gasteiger partial charge in [-0.2, -0.15) is 0 Å². The number of esters is 1. The summed E-state index contributed by atoms with van der Waals surface area (Å²) in [5.41, 5.74) is -0.282. The smallest absolute Gasteiger partial charge is 0.306 e. The predicted molar refractivity (Wildman–Crippen MR) is 88.9 cm³/mol. The summed E-state index contributed by atoms with van der Waals surface area (Å²) in [6, 6.07) is 0. The lowest BCUT2D eigenvalue weighted by atomic mass is 9.90. The molecule has 1 N–H and O–H groups in total. The highest BCUT2D eigenvalue weighted by Gasteiger charge is 2.29. The van der Waals surface area contributed by atoms with E-state index in [-0.39, 0.29) is 18.0 Å². The van der Waals surface area contributed by atoms with Gasteiger partial charge in [-0.05, 0) is 38.5 Å². The van der Waals surface area contributed by atoms with Crippen molar-refractivity contribution in [1.29, 1.82) is 0 Å². The molecule has 0 aromatic carbocycles. The molecule has 0 saturated heterocycles. The summed E-state index contributed by atoms with van der Waals surface area (Å²) >= 11 is 0. The van der Waals surface area contributed by atoms with Gasteiger partial charge in [0, 0.05) is 12.8 Å². The molecular formula is C18H34O4. The maximum Gasteiger partial charge on any atom is 0.306 e. The zero-order chi connectivity index (χ0) is 16.8. The highest BCUT2D eigenvalue weighted by Crippen LogP contribution is 2.28. The van der Waals surface area contributed by atoms with Crippen LogP contribution in [0.3, 0.4) is 0 Å². The number of carboxylic acid groups (broad SMARTS) is 1. The molecule has 0 aliphatic rings. The zero-order valence-corrected chi connectivity index (χ0v) is 14.7. The molecular weight excluding hydrogens is 280 g/mol. The van der Waals surface area contributed by atoms with Crippen LogP contribution in [0.5, 0.6) is 0 Å². The fraction of sp³-hybridized carbons (Fsp3) is 0.889. The lowest BCUT2D eigenvalue weighted by Gasteiger charge is -2.31. The van der Waals surface area contributed by atoms with Gasteiger partial charge in [0.1, 0.15) is 5.60 Å². The Balaban J connectivity index is 3.99. The average molecular weight is 314 g/mol. The Kier molecular flexibility index (Phi) is 11.9. The minimum absolute atomic E-state index is 0.0987. The standard InChI is InChI=1S/C18H34O4/c1-4-7-12-15-18(5-2,6-3)22-17(21)14-11-9-8-10-13-16(19)20/h4-15H2,1-3H3,(H,19,20). The summed E-state index contributed by atoms with van der Waals surface area (Å²) in [4.78, 5) is 22.4. The molecule has 0 saturated carbocycles. The van der Waals surface area contributed by atoms with Crippen LogP contribution < -0.4 is 0 Å². The molecule has 0 amide bonds. The second-order valence-electron chi connectivity index (χ2n) is 6.13. The maximum atomic E-state index is 12.0. The van der Waals surface area contributed by atoms with Gasteiger partial charge in [-0.1, -0.05) is 46.5 Å². The molecule has 0 unspecified atom stereocenters. The molecule has 0 bridgehead atoms. The second kappa shape index (κ2) is 12.5. The fourth-order valence-electron chi connectivity index (χ4n) is 2.69. The van der Waals surface area contributed by atoms with Crippen LogP contribution in [0.1, 0.15) is 97.8 Å². The summed E-state index contributed by atoms with van der Waals surface area (Å²) in [6.45, 7) is 6.36. The molecule has 0 atom stereocenters. The van der Waals surface area contributed by atoms with Gasteiger partial charge < -0.3 is 9.84 Å². The van der Waals surface area contributed by atoms with Crippen LogP contribution in [0.2, 0.25) is 0 Å². The van der Waals surface area contributed by atoms with Crippen molar-refractivity contribution in [3.8, 4) is 0 Å². The Hall–Kier alpha value is -1.06. The van der Waals surface area contributed by atoms with Crippen molar-refractivity contribution in [2.24, 2.45) is 0 Å². The molecule has 0 aliphatic heterocycles. The minimum atomic E-state index is -0.748. The molecule has 4 heteroatoms.